The number of amides is 1. The molecule has 0 aliphatic carbocycles. The first kappa shape index (κ1) is 16.4. The highest BCUT2D eigenvalue weighted by molar-refractivity contribution is 7.99. The van der Waals surface area contributed by atoms with Crippen molar-refractivity contribution in [2.75, 3.05) is 5.75 Å². The molecule has 1 amide bonds. The van der Waals surface area contributed by atoms with Gasteiger partial charge in [0, 0.05) is 0 Å². The van der Waals surface area contributed by atoms with Gasteiger partial charge >= 0.3 is 0 Å². The van der Waals surface area contributed by atoms with Gasteiger partial charge in [-0.1, -0.05) is 43.7 Å². The average Bonchev–Trinajstić information content (AvgIpc) is 3.17. The summed E-state index contributed by atoms with van der Waals surface area (Å²) in [4.78, 5) is 16.7. The molecule has 0 saturated carbocycles. The summed E-state index contributed by atoms with van der Waals surface area (Å²) < 4.78 is 1.92. The number of aromatic amines is 1. The lowest BCUT2D eigenvalue weighted by Crippen LogP contribution is -2.47. The number of nitrogens with zero attached hydrogens (tertiary/aromatic N) is 3. The van der Waals surface area contributed by atoms with E-state index in [1.807, 2.05) is 42.5 Å². The zero-order valence-corrected chi connectivity index (χ0v) is 14.5. The largest absolute Gasteiger partial charge is 0.339 e. The molecule has 2 N–H and O–H groups in total. The van der Waals surface area contributed by atoms with Gasteiger partial charge in [-0.15, -0.1) is 11.5 Å². The Bertz CT molecular complexity index is 916. The van der Waals surface area contributed by atoms with Crippen molar-refractivity contribution in [1.82, 2.24) is 24.9 Å². The molecule has 0 radical (unpaired) electrons. The van der Waals surface area contributed by atoms with Crippen molar-refractivity contribution >= 4 is 34.5 Å². The molecule has 0 saturated heterocycles. The van der Waals surface area contributed by atoms with Gasteiger partial charge < -0.3 is 5.32 Å². The topological polar surface area (TPSA) is 75.1 Å². The minimum atomic E-state index is -0.569. The lowest BCUT2D eigenvalue weighted by molar-refractivity contribution is -0.119. The number of imidazole rings is 1. The molecule has 7 heteroatoms. The Hall–Kier alpha value is -2.46. The Morgan fingerprint density at radius 2 is 2.17 bits per heavy atom. The quantitative estimate of drug-likeness (QED) is 0.534. The van der Waals surface area contributed by atoms with Crippen molar-refractivity contribution in [1.29, 1.82) is 0 Å². The van der Waals surface area contributed by atoms with Gasteiger partial charge in [-0.3, -0.25) is 9.20 Å². The predicted molar refractivity (Wildman–Crippen MR) is 95.9 cm³/mol. The molecule has 0 aliphatic rings. The van der Waals surface area contributed by atoms with Crippen molar-refractivity contribution in [3.05, 3.63) is 24.3 Å². The SMILES string of the molecule is C#CC(CC)(CC)NC(=O)CSc1n[nH]c2nc3ccccc3n12. The van der Waals surface area contributed by atoms with Crippen molar-refractivity contribution in [3.8, 4) is 12.3 Å². The third-order valence-electron chi connectivity index (χ3n) is 4.20. The molecular formula is C17H19N5OS. The van der Waals surface area contributed by atoms with Crippen molar-refractivity contribution in [2.24, 2.45) is 0 Å². The number of fused-ring (bicyclic) bond motifs is 3. The summed E-state index contributed by atoms with van der Waals surface area (Å²) in [5, 5.41) is 10.8. The molecule has 6 nitrogen and oxygen atoms in total. The normalized spacial score (nSPS) is 11.7. The van der Waals surface area contributed by atoms with Gasteiger partial charge in [0.1, 0.15) is 5.54 Å². The summed E-state index contributed by atoms with van der Waals surface area (Å²) in [5.74, 6) is 3.53. The molecule has 3 rings (SSSR count). The van der Waals surface area contributed by atoms with E-state index in [1.165, 1.54) is 11.8 Å². The van der Waals surface area contributed by atoms with Crippen LogP contribution < -0.4 is 5.32 Å². The maximum absolute atomic E-state index is 12.3. The van der Waals surface area contributed by atoms with E-state index in [0.717, 1.165) is 11.0 Å². The molecule has 1 aromatic carbocycles. The van der Waals surface area contributed by atoms with E-state index in [4.69, 9.17) is 6.42 Å². The Morgan fingerprint density at radius 1 is 1.42 bits per heavy atom. The fourth-order valence-corrected chi connectivity index (χ4v) is 3.40. The molecule has 2 aromatic heterocycles. The molecule has 0 fully saturated rings. The van der Waals surface area contributed by atoms with Crippen molar-refractivity contribution < 1.29 is 4.79 Å². The van der Waals surface area contributed by atoms with Gasteiger partial charge in [0.2, 0.25) is 11.7 Å². The highest BCUT2D eigenvalue weighted by Gasteiger charge is 2.25. The number of benzene rings is 1. The third-order valence-corrected chi connectivity index (χ3v) is 5.14. The summed E-state index contributed by atoms with van der Waals surface area (Å²) in [7, 11) is 0. The smallest absolute Gasteiger partial charge is 0.231 e. The van der Waals surface area contributed by atoms with Gasteiger partial charge in [-0.25, -0.2) is 10.1 Å². The first-order valence-corrected chi connectivity index (χ1v) is 8.84. The van der Waals surface area contributed by atoms with Gasteiger partial charge in [-0.2, -0.15) is 0 Å². The molecule has 24 heavy (non-hydrogen) atoms. The number of H-pyrrole nitrogens is 1. The summed E-state index contributed by atoms with van der Waals surface area (Å²) in [5.41, 5.74) is 1.28. The Balaban J connectivity index is 1.76. The van der Waals surface area contributed by atoms with Gasteiger partial charge in [0.25, 0.3) is 0 Å². The average molecular weight is 341 g/mol. The number of para-hydroxylation sites is 2. The second-order valence-corrected chi connectivity index (χ2v) is 6.48. The number of rotatable bonds is 6. The zero-order valence-electron chi connectivity index (χ0n) is 13.7. The number of hydrogen-bond acceptors (Lipinski definition) is 4. The van der Waals surface area contributed by atoms with E-state index in [0.29, 0.717) is 23.8 Å². The number of carbonyl (C=O) groups excluding carboxylic acids is 1. The number of hydrogen-bond donors (Lipinski definition) is 2. The summed E-state index contributed by atoms with van der Waals surface area (Å²) in [6.45, 7) is 3.96. The Morgan fingerprint density at radius 3 is 2.88 bits per heavy atom. The fourth-order valence-electron chi connectivity index (χ4n) is 2.64. The Labute approximate surface area is 144 Å². The van der Waals surface area contributed by atoms with Gasteiger partial charge in [-0.05, 0) is 25.0 Å². The van der Waals surface area contributed by atoms with Crippen molar-refractivity contribution in [2.45, 2.75) is 37.4 Å². The van der Waals surface area contributed by atoms with Crippen LogP contribution in [0, 0.1) is 12.3 Å². The number of thioether (sulfide) groups is 1. The first-order valence-electron chi connectivity index (χ1n) is 7.85. The molecule has 3 aromatic rings. The van der Waals surface area contributed by atoms with E-state index < -0.39 is 5.54 Å². The van der Waals surface area contributed by atoms with E-state index in [1.54, 1.807) is 0 Å². The Kier molecular flexibility index (Phi) is 4.49. The fraction of sp³-hybridized carbons (Fsp3) is 0.353. The maximum atomic E-state index is 12.3. The highest BCUT2D eigenvalue weighted by Crippen LogP contribution is 2.23. The lowest BCUT2D eigenvalue weighted by atomic mass is 9.94. The van der Waals surface area contributed by atoms with Crippen LogP contribution in [-0.4, -0.2) is 36.8 Å². The third kappa shape index (κ3) is 2.85. The van der Waals surface area contributed by atoms with E-state index in [2.05, 4.69) is 26.4 Å². The van der Waals surface area contributed by atoms with E-state index >= 15 is 0 Å². The number of nitrogens with one attached hydrogen (secondary N) is 2. The molecule has 124 valence electrons. The number of carbonyl (C=O) groups is 1. The second kappa shape index (κ2) is 6.57. The monoisotopic (exact) mass is 341 g/mol. The first-order chi connectivity index (χ1) is 11.6. The summed E-state index contributed by atoms with van der Waals surface area (Å²) in [6.07, 6.45) is 7.00. The minimum absolute atomic E-state index is 0.0952. The van der Waals surface area contributed by atoms with E-state index in [-0.39, 0.29) is 11.7 Å². The predicted octanol–water partition coefficient (Wildman–Crippen LogP) is 2.61. The van der Waals surface area contributed by atoms with Gasteiger partial charge in [0.15, 0.2) is 5.16 Å². The second-order valence-electron chi connectivity index (χ2n) is 5.54. The standard InChI is InChI=1S/C17H19N5OS/c1-4-17(5-2,6-3)19-14(23)11-24-16-21-20-15-18-12-9-7-8-10-13(12)22(15)16/h1,7-10H,5-6,11H2,2-3H3,(H,18,20)(H,19,23). The lowest BCUT2D eigenvalue weighted by Gasteiger charge is -2.26. The van der Waals surface area contributed by atoms with E-state index in [9.17, 15) is 4.79 Å². The molecule has 0 aliphatic heterocycles. The molecule has 0 unspecified atom stereocenters. The van der Waals surface area contributed by atoms with Crippen LogP contribution in [0.3, 0.4) is 0 Å². The number of terminal acetylenes is 1. The van der Waals surface area contributed by atoms with Crippen LogP contribution in [0.4, 0.5) is 0 Å². The zero-order chi connectivity index (χ0) is 17.2. The molecule has 0 atom stereocenters. The van der Waals surface area contributed by atoms with Crippen LogP contribution in [0.5, 0.6) is 0 Å². The van der Waals surface area contributed by atoms with Crippen LogP contribution in [0.2, 0.25) is 0 Å². The maximum Gasteiger partial charge on any atom is 0.231 e. The molecule has 0 spiro atoms. The molecular weight excluding hydrogens is 322 g/mol. The summed E-state index contributed by atoms with van der Waals surface area (Å²) in [6, 6.07) is 7.82. The van der Waals surface area contributed by atoms with Crippen LogP contribution in [0.25, 0.3) is 16.8 Å². The van der Waals surface area contributed by atoms with Crippen LogP contribution in [0.1, 0.15) is 26.7 Å². The van der Waals surface area contributed by atoms with Crippen LogP contribution >= 0.6 is 11.8 Å². The van der Waals surface area contributed by atoms with Crippen molar-refractivity contribution in [3.63, 3.8) is 0 Å². The van der Waals surface area contributed by atoms with Crippen LogP contribution in [0.15, 0.2) is 29.4 Å². The van der Waals surface area contributed by atoms with Gasteiger partial charge in [0.05, 0.1) is 16.8 Å². The highest BCUT2D eigenvalue weighted by atomic mass is 32.2. The molecule has 0 bridgehead atoms. The number of aromatic nitrogens is 4. The summed E-state index contributed by atoms with van der Waals surface area (Å²) >= 11 is 1.36. The minimum Gasteiger partial charge on any atom is -0.339 e. The molecule has 2 heterocycles. The van der Waals surface area contributed by atoms with Crippen LogP contribution in [-0.2, 0) is 4.79 Å².